The molecule has 0 aromatic carbocycles. The van der Waals surface area contributed by atoms with Crippen LogP contribution in [0.15, 0.2) is 5.16 Å². The third kappa shape index (κ3) is 2.49. The molecule has 0 radical (unpaired) electrons. The molecule has 1 unspecified atom stereocenters. The summed E-state index contributed by atoms with van der Waals surface area (Å²) in [5, 5.41) is 4.24. The number of hydrogen-bond donors (Lipinski definition) is 0. The lowest BCUT2D eigenvalue weighted by atomic mass is 9.75. The minimum Gasteiger partial charge on any atom is -0.392 e. The summed E-state index contributed by atoms with van der Waals surface area (Å²) >= 11 is 0. The predicted molar refractivity (Wildman–Crippen MR) is 60.5 cm³/mol. The van der Waals surface area contributed by atoms with Crippen LogP contribution in [0, 0.1) is 5.41 Å². The van der Waals surface area contributed by atoms with Gasteiger partial charge in [0, 0.05) is 11.8 Å². The molecule has 1 heterocycles. The molecule has 0 bridgehead atoms. The Balaban J connectivity index is 2.66. The number of hydrogen-bond acceptors (Lipinski definition) is 2. The summed E-state index contributed by atoms with van der Waals surface area (Å²) in [5.74, 6) is 0. The maximum absolute atomic E-state index is 5.29. The third-order valence-corrected chi connectivity index (χ3v) is 3.12. The van der Waals surface area contributed by atoms with E-state index in [-0.39, 0.29) is 11.5 Å². The molecule has 0 aliphatic carbocycles. The monoisotopic (exact) mass is 197 g/mol. The molecule has 0 aromatic rings. The van der Waals surface area contributed by atoms with Crippen molar-refractivity contribution in [2.75, 3.05) is 0 Å². The molecule has 2 nitrogen and oxygen atoms in total. The smallest absolute Gasteiger partial charge is 0.130 e. The van der Waals surface area contributed by atoms with Crippen LogP contribution >= 0.6 is 0 Å². The lowest BCUT2D eigenvalue weighted by molar-refractivity contribution is 0.0993. The Hall–Kier alpha value is -0.530. The van der Waals surface area contributed by atoms with Gasteiger partial charge in [0.05, 0.1) is 5.71 Å². The van der Waals surface area contributed by atoms with Crippen molar-refractivity contribution in [3.05, 3.63) is 0 Å². The molecular weight excluding hydrogens is 174 g/mol. The van der Waals surface area contributed by atoms with Crippen LogP contribution in [0.3, 0.4) is 0 Å². The standard InChI is InChI=1S/C12H23NO/c1-5-7-12(4,8-6-2)11-9-10(3)14-13-11/h10H,5-9H2,1-4H3. The molecule has 0 fully saturated rings. The quantitative estimate of drug-likeness (QED) is 0.657. The van der Waals surface area contributed by atoms with Crippen LogP contribution < -0.4 is 0 Å². The fourth-order valence-electron chi connectivity index (χ4n) is 2.37. The van der Waals surface area contributed by atoms with Gasteiger partial charge in [-0.05, 0) is 19.8 Å². The topological polar surface area (TPSA) is 21.6 Å². The van der Waals surface area contributed by atoms with Crippen molar-refractivity contribution < 1.29 is 4.84 Å². The van der Waals surface area contributed by atoms with Gasteiger partial charge in [-0.25, -0.2) is 0 Å². The molecule has 0 saturated heterocycles. The fourth-order valence-corrected chi connectivity index (χ4v) is 2.37. The van der Waals surface area contributed by atoms with Gasteiger partial charge in [-0.15, -0.1) is 0 Å². The molecule has 14 heavy (non-hydrogen) atoms. The minimum atomic E-state index is 0.286. The Bertz CT molecular complexity index is 204. The first-order valence-corrected chi connectivity index (χ1v) is 5.85. The highest BCUT2D eigenvalue weighted by atomic mass is 16.6. The Morgan fingerprint density at radius 2 is 1.93 bits per heavy atom. The summed E-state index contributed by atoms with van der Waals surface area (Å²) < 4.78 is 0. The van der Waals surface area contributed by atoms with E-state index in [1.165, 1.54) is 31.4 Å². The first-order valence-electron chi connectivity index (χ1n) is 5.85. The first-order chi connectivity index (χ1) is 6.62. The van der Waals surface area contributed by atoms with E-state index < -0.39 is 0 Å². The summed E-state index contributed by atoms with van der Waals surface area (Å²) in [6, 6.07) is 0. The zero-order valence-electron chi connectivity index (χ0n) is 9.97. The number of rotatable bonds is 5. The average Bonchev–Trinajstić information content (AvgIpc) is 2.53. The van der Waals surface area contributed by atoms with Crippen LogP contribution in [0.1, 0.15) is 59.8 Å². The normalized spacial score (nSPS) is 22.0. The van der Waals surface area contributed by atoms with Crippen LogP contribution in [0.2, 0.25) is 0 Å². The van der Waals surface area contributed by atoms with E-state index in [4.69, 9.17) is 4.84 Å². The van der Waals surface area contributed by atoms with Gasteiger partial charge in [0.2, 0.25) is 0 Å². The first kappa shape index (κ1) is 11.5. The molecule has 0 spiro atoms. The van der Waals surface area contributed by atoms with Gasteiger partial charge in [-0.3, -0.25) is 0 Å². The van der Waals surface area contributed by atoms with E-state index in [0.717, 1.165) is 6.42 Å². The van der Waals surface area contributed by atoms with Gasteiger partial charge in [-0.1, -0.05) is 38.8 Å². The van der Waals surface area contributed by atoms with Gasteiger partial charge < -0.3 is 4.84 Å². The molecular formula is C12H23NO. The van der Waals surface area contributed by atoms with E-state index in [1.54, 1.807) is 0 Å². The number of oxime groups is 1. The van der Waals surface area contributed by atoms with Crippen LogP contribution in [0.4, 0.5) is 0 Å². The van der Waals surface area contributed by atoms with E-state index in [0.29, 0.717) is 0 Å². The Morgan fingerprint density at radius 1 is 1.36 bits per heavy atom. The second-order valence-corrected chi connectivity index (χ2v) is 4.72. The van der Waals surface area contributed by atoms with E-state index in [2.05, 4.69) is 32.9 Å². The molecule has 0 aromatic heterocycles. The van der Waals surface area contributed by atoms with Crippen molar-refractivity contribution in [2.45, 2.75) is 65.9 Å². The van der Waals surface area contributed by atoms with Crippen molar-refractivity contribution in [3.8, 4) is 0 Å². The van der Waals surface area contributed by atoms with Crippen LogP contribution in [-0.2, 0) is 4.84 Å². The van der Waals surface area contributed by atoms with Crippen LogP contribution in [0.5, 0.6) is 0 Å². The Labute approximate surface area is 87.7 Å². The highest BCUT2D eigenvalue weighted by Crippen LogP contribution is 2.35. The zero-order valence-corrected chi connectivity index (χ0v) is 9.97. The maximum atomic E-state index is 5.29. The van der Waals surface area contributed by atoms with Gasteiger partial charge in [0.15, 0.2) is 0 Å². The molecule has 0 amide bonds. The zero-order chi connectivity index (χ0) is 10.6. The van der Waals surface area contributed by atoms with Gasteiger partial charge in [0.25, 0.3) is 0 Å². The molecule has 1 aliphatic rings. The summed E-state index contributed by atoms with van der Waals surface area (Å²) in [6.07, 6.45) is 6.23. The average molecular weight is 197 g/mol. The lowest BCUT2D eigenvalue weighted by Gasteiger charge is -2.28. The molecule has 82 valence electrons. The molecule has 0 saturated carbocycles. The van der Waals surface area contributed by atoms with Gasteiger partial charge in [0.1, 0.15) is 6.10 Å². The summed E-state index contributed by atoms with van der Waals surface area (Å²) in [7, 11) is 0. The van der Waals surface area contributed by atoms with Crippen molar-refractivity contribution in [1.82, 2.24) is 0 Å². The van der Waals surface area contributed by atoms with Gasteiger partial charge in [-0.2, -0.15) is 0 Å². The lowest BCUT2D eigenvalue weighted by Crippen LogP contribution is -2.27. The molecule has 1 atom stereocenters. The molecule has 0 N–H and O–H groups in total. The highest BCUT2D eigenvalue weighted by molar-refractivity contribution is 5.90. The fraction of sp³-hybridized carbons (Fsp3) is 0.917. The second-order valence-electron chi connectivity index (χ2n) is 4.72. The minimum absolute atomic E-state index is 0.286. The predicted octanol–water partition coefficient (Wildman–Crippen LogP) is 3.76. The van der Waals surface area contributed by atoms with Crippen LogP contribution in [-0.4, -0.2) is 11.8 Å². The number of nitrogens with zero attached hydrogens (tertiary/aromatic N) is 1. The van der Waals surface area contributed by atoms with Crippen molar-refractivity contribution in [3.63, 3.8) is 0 Å². The van der Waals surface area contributed by atoms with Crippen molar-refractivity contribution >= 4 is 5.71 Å². The maximum Gasteiger partial charge on any atom is 0.130 e. The third-order valence-electron chi connectivity index (χ3n) is 3.12. The summed E-state index contributed by atoms with van der Waals surface area (Å²) in [5.41, 5.74) is 1.57. The van der Waals surface area contributed by atoms with Gasteiger partial charge >= 0.3 is 0 Å². The van der Waals surface area contributed by atoms with E-state index >= 15 is 0 Å². The summed E-state index contributed by atoms with van der Waals surface area (Å²) in [4.78, 5) is 5.29. The van der Waals surface area contributed by atoms with Crippen molar-refractivity contribution in [2.24, 2.45) is 10.6 Å². The SMILES string of the molecule is CCCC(C)(CCC)C1=NOC(C)C1. The summed E-state index contributed by atoms with van der Waals surface area (Å²) in [6.45, 7) is 8.91. The molecule has 1 rings (SSSR count). The largest absolute Gasteiger partial charge is 0.392 e. The highest BCUT2D eigenvalue weighted by Gasteiger charge is 2.33. The van der Waals surface area contributed by atoms with Crippen molar-refractivity contribution in [1.29, 1.82) is 0 Å². The molecule has 2 heteroatoms. The Kier molecular flexibility index (Phi) is 3.97. The van der Waals surface area contributed by atoms with Crippen LogP contribution in [0.25, 0.3) is 0 Å². The van der Waals surface area contributed by atoms with E-state index in [9.17, 15) is 0 Å². The van der Waals surface area contributed by atoms with E-state index in [1.807, 2.05) is 0 Å². The second kappa shape index (κ2) is 4.81. The molecule has 1 aliphatic heterocycles. The Morgan fingerprint density at radius 3 is 2.29 bits per heavy atom.